The van der Waals surface area contributed by atoms with Gasteiger partial charge in [0.25, 0.3) is 5.91 Å². The first kappa shape index (κ1) is 20.9. The number of carbonyl (C=O) groups is 1. The Morgan fingerprint density at radius 3 is 2.57 bits per heavy atom. The van der Waals surface area contributed by atoms with Crippen LogP contribution in [0.25, 0.3) is 11.0 Å². The highest BCUT2D eigenvalue weighted by molar-refractivity contribution is 5.99. The molecule has 0 atom stereocenters. The minimum absolute atomic E-state index is 0.246. The van der Waals surface area contributed by atoms with Crippen molar-refractivity contribution in [2.75, 3.05) is 20.8 Å². The second kappa shape index (κ2) is 9.13. The number of hydrogen-bond acceptors (Lipinski definition) is 7. The molecule has 1 N–H and O–H groups in total. The van der Waals surface area contributed by atoms with Crippen LogP contribution in [0.1, 0.15) is 18.1 Å². The van der Waals surface area contributed by atoms with Crippen LogP contribution in [0.2, 0.25) is 0 Å². The second-order valence-electron chi connectivity index (χ2n) is 6.50. The second-order valence-corrected chi connectivity index (χ2v) is 6.50. The molecule has 0 fully saturated rings. The number of amides is 1. The first-order chi connectivity index (χ1) is 14.4. The van der Waals surface area contributed by atoms with Crippen LogP contribution in [0.15, 0.2) is 56.8 Å². The van der Waals surface area contributed by atoms with Gasteiger partial charge >= 0.3 is 5.63 Å². The maximum atomic E-state index is 12.1. The third-order valence-corrected chi connectivity index (χ3v) is 4.44. The maximum absolute atomic E-state index is 12.1. The number of rotatable bonds is 7. The first-order valence-corrected chi connectivity index (χ1v) is 9.14. The molecule has 30 heavy (non-hydrogen) atoms. The zero-order valence-electron chi connectivity index (χ0n) is 17.1. The molecule has 1 aromatic heterocycles. The number of ether oxygens (including phenoxy) is 3. The van der Waals surface area contributed by atoms with E-state index in [2.05, 4.69) is 10.5 Å². The SMILES string of the molecule is COc1ccc(/C(C)=N\NC(=O)COc2ccc3c(C)cc(=O)oc3c2)cc1OC. The fourth-order valence-electron chi connectivity index (χ4n) is 2.85. The van der Waals surface area contributed by atoms with Crippen LogP contribution in [-0.2, 0) is 4.79 Å². The van der Waals surface area contributed by atoms with E-state index in [0.717, 1.165) is 16.5 Å². The first-order valence-electron chi connectivity index (χ1n) is 9.14. The van der Waals surface area contributed by atoms with E-state index in [1.54, 1.807) is 51.5 Å². The van der Waals surface area contributed by atoms with Gasteiger partial charge in [-0.05, 0) is 49.7 Å². The summed E-state index contributed by atoms with van der Waals surface area (Å²) in [7, 11) is 3.11. The van der Waals surface area contributed by atoms with E-state index in [4.69, 9.17) is 18.6 Å². The van der Waals surface area contributed by atoms with Gasteiger partial charge in [-0.25, -0.2) is 10.2 Å². The largest absolute Gasteiger partial charge is 0.493 e. The molecule has 1 amide bonds. The Kier molecular flexibility index (Phi) is 6.36. The lowest BCUT2D eigenvalue weighted by atomic mass is 10.1. The van der Waals surface area contributed by atoms with Crippen LogP contribution < -0.4 is 25.3 Å². The van der Waals surface area contributed by atoms with Crippen LogP contribution in [0.3, 0.4) is 0 Å². The Labute approximate surface area is 173 Å². The van der Waals surface area contributed by atoms with E-state index in [0.29, 0.717) is 28.5 Å². The van der Waals surface area contributed by atoms with Crippen LogP contribution in [-0.4, -0.2) is 32.4 Å². The van der Waals surface area contributed by atoms with Crippen LogP contribution in [0.5, 0.6) is 17.2 Å². The number of nitrogens with zero attached hydrogens (tertiary/aromatic N) is 1. The molecule has 0 saturated heterocycles. The highest BCUT2D eigenvalue weighted by Gasteiger charge is 2.09. The van der Waals surface area contributed by atoms with E-state index in [-0.39, 0.29) is 6.61 Å². The minimum atomic E-state index is -0.435. The average molecular weight is 410 g/mol. The van der Waals surface area contributed by atoms with Gasteiger partial charge in [0.2, 0.25) is 0 Å². The summed E-state index contributed by atoms with van der Waals surface area (Å²) in [5.41, 5.74) is 4.59. The summed E-state index contributed by atoms with van der Waals surface area (Å²) in [5.74, 6) is 1.15. The van der Waals surface area contributed by atoms with Gasteiger partial charge in [0.1, 0.15) is 11.3 Å². The molecule has 0 radical (unpaired) electrons. The Morgan fingerprint density at radius 1 is 1.07 bits per heavy atom. The lowest BCUT2D eigenvalue weighted by Crippen LogP contribution is -2.25. The molecule has 0 bridgehead atoms. The van der Waals surface area contributed by atoms with Crippen molar-refractivity contribution in [3.8, 4) is 17.2 Å². The molecule has 8 nitrogen and oxygen atoms in total. The molecule has 0 aliphatic rings. The lowest BCUT2D eigenvalue weighted by molar-refractivity contribution is -0.123. The Bertz CT molecular complexity index is 1170. The van der Waals surface area contributed by atoms with Crippen molar-refractivity contribution in [2.24, 2.45) is 5.10 Å². The number of carbonyl (C=O) groups excluding carboxylic acids is 1. The van der Waals surface area contributed by atoms with Gasteiger partial charge in [-0.2, -0.15) is 5.10 Å². The van der Waals surface area contributed by atoms with Gasteiger partial charge in [0.05, 0.1) is 19.9 Å². The zero-order valence-corrected chi connectivity index (χ0v) is 17.1. The molecular weight excluding hydrogens is 388 g/mol. The molecule has 2 aromatic carbocycles. The molecule has 0 saturated carbocycles. The normalized spacial score (nSPS) is 11.3. The molecule has 0 unspecified atom stereocenters. The predicted molar refractivity (Wildman–Crippen MR) is 113 cm³/mol. The van der Waals surface area contributed by atoms with Gasteiger partial charge in [0, 0.05) is 23.1 Å². The predicted octanol–water partition coefficient (Wildman–Crippen LogP) is 3.04. The molecule has 0 spiro atoms. The van der Waals surface area contributed by atoms with Gasteiger partial charge in [0.15, 0.2) is 18.1 Å². The molecule has 8 heteroatoms. The van der Waals surface area contributed by atoms with Gasteiger partial charge < -0.3 is 18.6 Å². The number of hydrogen-bond donors (Lipinski definition) is 1. The van der Waals surface area contributed by atoms with E-state index in [9.17, 15) is 9.59 Å². The summed E-state index contributed by atoms with van der Waals surface area (Å²) in [4.78, 5) is 23.6. The third kappa shape index (κ3) is 4.78. The summed E-state index contributed by atoms with van der Waals surface area (Å²) in [6, 6.07) is 11.8. The van der Waals surface area contributed by atoms with E-state index in [1.807, 2.05) is 13.0 Å². The highest BCUT2D eigenvalue weighted by Crippen LogP contribution is 2.27. The van der Waals surface area contributed by atoms with E-state index < -0.39 is 11.5 Å². The summed E-state index contributed by atoms with van der Waals surface area (Å²) in [5, 5.41) is 4.90. The smallest absolute Gasteiger partial charge is 0.336 e. The summed E-state index contributed by atoms with van der Waals surface area (Å²) < 4.78 is 21.1. The molecule has 3 rings (SSSR count). The highest BCUT2D eigenvalue weighted by atomic mass is 16.5. The fraction of sp³-hybridized carbons (Fsp3) is 0.227. The number of nitrogens with one attached hydrogen (secondary N) is 1. The fourth-order valence-corrected chi connectivity index (χ4v) is 2.85. The average Bonchev–Trinajstić information content (AvgIpc) is 2.75. The number of aryl methyl sites for hydroxylation is 1. The van der Waals surface area contributed by atoms with E-state index in [1.165, 1.54) is 6.07 Å². The summed E-state index contributed by atoms with van der Waals surface area (Å²) in [6.45, 7) is 3.34. The number of methoxy groups -OCH3 is 2. The molecule has 0 aliphatic heterocycles. The quantitative estimate of drug-likeness (QED) is 0.365. The topological polar surface area (TPSA) is 99.4 Å². The monoisotopic (exact) mass is 410 g/mol. The summed E-state index contributed by atoms with van der Waals surface area (Å²) >= 11 is 0. The standard InChI is InChI=1S/C22H22N2O6/c1-13-9-22(26)30-19-11-16(6-7-17(13)19)29-12-21(25)24-23-14(2)15-5-8-18(27-3)20(10-15)28-4/h5-11H,12H2,1-4H3,(H,24,25)/b23-14-. The Hall–Kier alpha value is -3.81. The van der Waals surface area contributed by atoms with Crippen molar-refractivity contribution in [2.45, 2.75) is 13.8 Å². The van der Waals surface area contributed by atoms with Crippen molar-refractivity contribution in [3.63, 3.8) is 0 Å². The minimum Gasteiger partial charge on any atom is -0.493 e. The van der Waals surface area contributed by atoms with Gasteiger partial charge in [-0.15, -0.1) is 0 Å². The van der Waals surface area contributed by atoms with Gasteiger partial charge in [-0.1, -0.05) is 0 Å². The molecular formula is C22H22N2O6. The lowest BCUT2D eigenvalue weighted by Gasteiger charge is -2.10. The van der Waals surface area contributed by atoms with Crippen molar-refractivity contribution in [3.05, 3.63) is 64.0 Å². The molecule has 156 valence electrons. The van der Waals surface area contributed by atoms with Crippen molar-refractivity contribution in [1.29, 1.82) is 0 Å². The van der Waals surface area contributed by atoms with Crippen molar-refractivity contribution < 1.29 is 23.4 Å². The van der Waals surface area contributed by atoms with Gasteiger partial charge in [-0.3, -0.25) is 4.79 Å². The van der Waals surface area contributed by atoms with E-state index >= 15 is 0 Å². The zero-order chi connectivity index (χ0) is 21.7. The number of benzene rings is 2. The third-order valence-electron chi connectivity index (χ3n) is 4.44. The summed E-state index contributed by atoms with van der Waals surface area (Å²) in [6.07, 6.45) is 0. The Balaban J connectivity index is 1.63. The molecule has 1 heterocycles. The molecule has 3 aromatic rings. The Morgan fingerprint density at radius 2 is 1.83 bits per heavy atom. The maximum Gasteiger partial charge on any atom is 0.336 e. The van der Waals surface area contributed by atoms with Crippen molar-refractivity contribution >= 4 is 22.6 Å². The van der Waals surface area contributed by atoms with Crippen LogP contribution >= 0.6 is 0 Å². The van der Waals surface area contributed by atoms with Crippen molar-refractivity contribution in [1.82, 2.24) is 5.43 Å². The number of hydrazone groups is 1. The van der Waals surface area contributed by atoms with Crippen LogP contribution in [0.4, 0.5) is 0 Å². The molecule has 0 aliphatic carbocycles. The van der Waals surface area contributed by atoms with Crippen LogP contribution in [0, 0.1) is 6.92 Å². The number of fused-ring (bicyclic) bond motifs is 1.